The second-order valence-electron chi connectivity index (χ2n) is 14.5. The number of aromatic nitrogens is 4. The van der Waals surface area contributed by atoms with E-state index in [-0.39, 0.29) is 23.3 Å². The first kappa shape index (κ1) is 35.8. The Labute approximate surface area is 327 Å². The van der Waals surface area contributed by atoms with Crippen LogP contribution >= 0.6 is 0 Å². The van der Waals surface area contributed by atoms with Crippen LogP contribution in [0.1, 0.15) is 0 Å². The number of nitrogens with one attached hydrogen (secondary N) is 6. The highest BCUT2D eigenvalue weighted by molar-refractivity contribution is 6.30. The van der Waals surface area contributed by atoms with Gasteiger partial charge < -0.3 is 50.7 Å². The lowest BCUT2D eigenvalue weighted by Gasteiger charge is -2.31. The van der Waals surface area contributed by atoms with Gasteiger partial charge in [-0.15, -0.1) is 0 Å². The molecule has 294 valence electrons. The normalized spacial score (nSPS) is 13.5. The molecule has 58 heavy (non-hydrogen) atoms. The van der Waals surface area contributed by atoms with Crippen molar-refractivity contribution in [1.29, 1.82) is 0 Å². The Bertz CT molecular complexity index is 3050. The summed E-state index contributed by atoms with van der Waals surface area (Å²) in [4.78, 5) is 15.8. The molecule has 14 heteroatoms. The predicted molar refractivity (Wildman–Crippen MR) is 226 cm³/mol. The lowest BCUT2D eigenvalue weighted by molar-refractivity contribution is 0.423. The fraction of sp³-hybridized carbons (Fsp3) is 0.182. The molecule has 0 amide bonds. The molecule has 1 aliphatic heterocycles. The third-order valence-corrected chi connectivity index (χ3v) is 11.2. The number of ether oxygens (including phenoxy) is 2. The Kier molecular flexibility index (Phi) is 8.49. The van der Waals surface area contributed by atoms with E-state index in [0.29, 0.717) is 24.6 Å². The number of benzene rings is 6. The van der Waals surface area contributed by atoms with Crippen LogP contribution in [0.2, 0.25) is 0 Å². The second-order valence-corrected chi connectivity index (χ2v) is 14.5. The van der Waals surface area contributed by atoms with Gasteiger partial charge in [-0.05, 0) is 72.8 Å². The minimum absolute atomic E-state index is 0.293. The molecule has 0 saturated carbocycles. The third-order valence-electron chi connectivity index (χ3n) is 11.2. The maximum absolute atomic E-state index is 14.2. The van der Waals surface area contributed by atoms with Gasteiger partial charge in [0, 0.05) is 104 Å². The monoisotopic (exact) mass is 786 g/mol. The standard InChI is InChI=1S/C23H20F2N4O.C21H18F2N4O/c1-30-23-20-18(14-10-12(24)2-4-16(14)27-20)22(29-8-6-26-7-9-29)19-15-11-13(25)3-5-17(15)28-21(19)23;1-28-21-19-16(12-8-10(22)2-4-14(12)26-19)18(25-7-6-24)17-13-9-11(23)3-5-15(13)27-20(17)21/h2-5,10-11,26-28H,6-9H2,1H3;2-5,8-9,25-27H,6-7,24H2,1H3. The third kappa shape index (κ3) is 5.46. The van der Waals surface area contributed by atoms with Gasteiger partial charge in [0.2, 0.25) is 0 Å². The van der Waals surface area contributed by atoms with Crippen molar-refractivity contribution in [3.8, 4) is 11.5 Å². The van der Waals surface area contributed by atoms with Gasteiger partial charge >= 0.3 is 0 Å². The van der Waals surface area contributed by atoms with Crippen molar-refractivity contribution in [3.63, 3.8) is 0 Å². The smallest absolute Gasteiger partial charge is 0.167 e. The zero-order valence-electron chi connectivity index (χ0n) is 31.5. The van der Waals surface area contributed by atoms with Crippen LogP contribution in [-0.4, -0.2) is 73.4 Å². The van der Waals surface area contributed by atoms with E-state index in [1.165, 1.54) is 36.4 Å². The maximum Gasteiger partial charge on any atom is 0.167 e. The van der Waals surface area contributed by atoms with Gasteiger partial charge in [0.1, 0.15) is 23.3 Å². The summed E-state index contributed by atoms with van der Waals surface area (Å²) < 4.78 is 68.1. The molecule has 0 spiro atoms. The van der Waals surface area contributed by atoms with E-state index in [1.54, 1.807) is 50.6 Å². The van der Waals surface area contributed by atoms with Crippen LogP contribution in [-0.2, 0) is 0 Å². The molecular formula is C44H38F4N8O2. The number of halogens is 4. The summed E-state index contributed by atoms with van der Waals surface area (Å²) in [6.45, 7) is 4.24. The van der Waals surface area contributed by atoms with Crippen molar-refractivity contribution in [3.05, 3.63) is 96.1 Å². The van der Waals surface area contributed by atoms with Gasteiger partial charge in [-0.25, -0.2) is 17.6 Å². The Morgan fingerprint density at radius 1 is 0.569 bits per heavy atom. The van der Waals surface area contributed by atoms with Gasteiger partial charge in [-0.2, -0.15) is 0 Å². The zero-order chi connectivity index (χ0) is 39.8. The molecule has 0 atom stereocenters. The van der Waals surface area contributed by atoms with Crippen LogP contribution in [0.25, 0.3) is 87.2 Å². The summed E-state index contributed by atoms with van der Waals surface area (Å²) in [5.41, 5.74) is 13.8. The molecule has 1 aliphatic rings. The first-order valence-corrected chi connectivity index (χ1v) is 19.0. The molecule has 1 saturated heterocycles. The fourth-order valence-electron chi connectivity index (χ4n) is 8.84. The molecule has 6 aromatic carbocycles. The summed E-state index contributed by atoms with van der Waals surface area (Å²) >= 11 is 0. The number of nitrogens with zero attached hydrogens (tertiary/aromatic N) is 1. The van der Waals surface area contributed by atoms with Gasteiger partial charge in [0.25, 0.3) is 0 Å². The van der Waals surface area contributed by atoms with E-state index in [9.17, 15) is 17.6 Å². The number of methoxy groups -OCH3 is 2. The van der Waals surface area contributed by atoms with Crippen LogP contribution in [0.3, 0.4) is 0 Å². The van der Waals surface area contributed by atoms with Crippen LogP contribution in [0.15, 0.2) is 72.8 Å². The van der Waals surface area contributed by atoms with Crippen molar-refractivity contribution in [1.82, 2.24) is 25.3 Å². The number of fused-ring (bicyclic) bond motifs is 12. The molecule has 4 aromatic heterocycles. The molecule has 0 radical (unpaired) electrons. The van der Waals surface area contributed by atoms with Crippen LogP contribution < -0.4 is 30.7 Å². The maximum atomic E-state index is 14.2. The SMILES string of the molecule is COc1c2[nH]c3ccc(F)cc3c2c(N2CCNCC2)c2c1[nH]c1ccc(F)cc12.COc1c2[nH]c3ccc(F)cc3c2c(NCCN)c2c1[nH]c1ccc(F)cc12. The van der Waals surface area contributed by atoms with Crippen molar-refractivity contribution in [2.45, 2.75) is 0 Å². The van der Waals surface area contributed by atoms with E-state index >= 15 is 0 Å². The van der Waals surface area contributed by atoms with Gasteiger partial charge in [-0.1, -0.05) is 0 Å². The van der Waals surface area contributed by atoms with Crippen LogP contribution in [0, 0.1) is 23.3 Å². The van der Waals surface area contributed by atoms with E-state index in [2.05, 4.69) is 35.5 Å². The Balaban J connectivity index is 0.000000141. The van der Waals surface area contributed by atoms with E-state index in [4.69, 9.17) is 15.2 Å². The molecule has 5 heterocycles. The molecule has 0 unspecified atom stereocenters. The summed E-state index contributed by atoms with van der Waals surface area (Å²) in [5, 5.41) is 13.2. The fourth-order valence-corrected chi connectivity index (χ4v) is 8.84. The predicted octanol–water partition coefficient (Wildman–Crippen LogP) is 9.27. The Morgan fingerprint density at radius 2 is 0.931 bits per heavy atom. The van der Waals surface area contributed by atoms with Gasteiger partial charge in [0.05, 0.1) is 47.7 Å². The summed E-state index contributed by atoms with van der Waals surface area (Å²) in [7, 11) is 3.20. The molecule has 10 aromatic rings. The zero-order valence-corrected chi connectivity index (χ0v) is 31.5. The molecule has 1 fully saturated rings. The topological polar surface area (TPSA) is 135 Å². The van der Waals surface area contributed by atoms with Crippen molar-refractivity contribution in [2.24, 2.45) is 5.73 Å². The highest BCUT2D eigenvalue weighted by Crippen LogP contribution is 2.49. The summed E-state index contributed by atoms with van der Waals surface area (Å²) in [5.74, 6) is -0.00886. The van der Waals surface area contributed by atoms with E-state index < -0.39 is 0 Å². The van der Waals surface area contributed by atoms with Crippen LogP contribution in [0.5, 0.6) is 11.5 Å². The van der Waals surface area contributed by atoms with Gasteiger partial charge in [0.15, 0.2) is 11.5 Å². The van der Waals surface area contributed by atoms with Crippen molar-refractivity contribution in [2.75, 3.05) is 63.7 Å². The lowest BCUT2D eigenvalue weighted by atomic mass is 10.0. The average Bonchev–Trinajstić information content (AvgIpc) is 4.00. The van der Waals surface area contributed by atoms with Crippen molar-refractivity contribution >= 4 is 98.6 Å². The number of anilines is 2. The highest BCUT2D eigenvalue weighted by atomic mass is 19.1. The number of H-pyrrole nitrogens is 4. The number of aromatic amines is 4. The molecular weight excluding hydrogens is 749 g/mol. The van der Waals surface area contributed by atoms with E-state index in [1.807, 2.05) is 0 Å². The first-order valence-electron chi connectivity index (χ1n) is 19.0. The van der Waals surface area contributed by atoms with Crippen LogP contribution in [0.4, 0.5) is 28.9 Å². The number of hydrogen-bond donors (Lipinski definition) is 7. The quantitative estimate of drug-likeness (QED) is 0.0841. The Morgan fingerprint density at radius 3 is 1.29 bits per heavy atom. The van der Waals surface area contributed by atoms with Gasteiger partial charge in [-0.3, -0.25) is 0 Å². The average molecular weight is 787 g/mol. The summed E-state index contributed by atoms with van der Waals surface area (Å²) in [6.07, 6.45) is 0. The Hall–Kier alpha value is -6.64. The number of piperazine rings is 1. The second kappa shape index (κ2) is 13.8. The first-order chi connectivity index (χ1) is 28.3. The highest BCUT2D eigenvalue weighted by Gasteiger charge is 2.27. The van der Waals surface area contributed by atoms with E-state index in [0.717, 1.165) is 125 Å². The van der Waals surface area contributed by atoms with Crippen molar-refractivity contribution < 1.29 is 27.0 Å². The molecule has 0 aliphatic carbocycles. The number of rotatable bonds is 6. The molecule has 0 bridgehead atoms. The number of hydrogen-bond acceptors (Lipinski definition) is 6. The molecule has 8 N–H and O–H groups in total. The largest absolute Gasteiger partial charge is 0.492 e. The molecule has 11 rings (SSSR count). The summed E-state index contributed by atoms with van der Waals surface area (Å²) in [6, 6.07) is 18.7. The minimum Gasteiger partial charge on any atom is -0.492 e. The molecule has 10 nitrogen and oxygen atoms in total. The number of nitrogens with two attached hydrogens (primary N) is 1. The lowest BCUT2D eigenvalue weighted by Crippen LogP contribution is -2.43. The minimum atomic E-state index is -0.331.